The zero-order valence-corrected chi connectivity index (χ0v) is 12.1. The van der Waals surface area contributed by atoms with Crippen LogP contribution in [0.2, 0.25) is 0 Å². The number of nitrogens with zero attached hydrogens (tertiary/aromatic N) is 2. The van der Waals surface area contributed by atoms with Crippen LogP contribution in [0.1, 0.15) is 34.1 Å². The van der Waals surface area contributed by atoms with Gasteiger partial charge in [0.25, 0.3) is 0 Å². The van der Waals surface area contributed by atoms with Gasteiger partial charge in [0.2, 0.25) is 0 Å². The van der Waals surface area contributed by atoms with Crippen LogP contribution < -0.4 is 4.90 Å². The normalized spacial score (nSPS) is 14.2. The second kappa shape index (κ2) is 5.25. The quantitative estimate of drug-likeness (QED) is 0.943. The highest BCUT2D eigenvalue weighted by Crippen LogP contribution is 2.27. The topological polar surface area (TPSA) is 53.4 Å². The summed E-state index contributed by atoms with van der Waals surface area (Å²) in [7, 11) is 0. The highest BCUT2D eigenvalue weighted by molar-refractivity contribution is 7.13. The molecule has 0 fully saturated rings. The third-order valence-corrected chi connectivity index (χ3v) is 4.59. The van der Waals surface area contributed by atoms with Crippen LogP contribution in [0.15, 0.2) is 23.6 Å². The second-order valence-electron chi connectivity index (χ2n) is 4.94. The Kier molecular flexibility index (Phi) is 3.44. The number of aromatic carboxylic acids is 1. The predicted octanol–water partition coefficient (Wildman–Crippen LogP) is 2.97. The molecule has 0 atom stereocenters. The van der Waals surface area contributed by atoms with Crippen molar-refractivity contribution in [3.05, 3.63) is 46.0 Å². The van der Waals surface area contributed by atoms with E-state index in [0.29, 0.717) is 5.56 Å². The SMILES string of the molecule is CCc1csc(N2CCc3cc(C(=O)O)ccc3C2)n1. The molecule has 1 aliphatic rings. The summed E-state index contributed by atoms with van der Waals surface area (Å²) in [6, 6.07) is 5.41. The minimum atomic E-state index is -0.859. The van der Waals surface area contributed by atoms with Crippen LogP contribution in [0.3, 0.4) is 0 Å². The maximum atomic E-state index is 11.0. The molecule has 0 saturated carbocycles. The van der Waals surface area contributed by atoms with Crippen molar-refractivity contribution in [3.8, 4) is 0 Å². The number of carboxylic acid groups (broad SMARTS) is 1. The Balaban J connectivity index is 1.83. The first kappa shape index (κ1) is 13.1. The van der Waals surface area contributed by atoms with Gasteiger partial charge in [-0.05, 0) is 36.1 Å². The van der Waals surface area contributed by atoms with Crippen LogP contribution in [0, 0.1) is 0 Å². The zero-order chi connectivity index (χ0) is 14.1. The first-order valence-electron chi connectivity index (χ1n) is 6.72. The van der Waals surface area contributed by atoms with Crippen LogP contribution in [-0.2, 0) is 19.4 Å². The number of rotatable bonds is 3. The number of aromatic nitrogens is 1. The van der Waals surface area contributed by atoms with Crippen molar-refractivity contribution in [1.29, 1.82) is 0 Å². The fourth-order valence-electron chi connectivity index (χ4n) is 2.45. The lowest BCUT2D eigenvalue weighted by molar-refractivity contribution is 0.0696. The number of fused-ring (bicyclic) bond motifs is 1. The van der Waals surface area contributed by atoms with Crippen LogP contribution in [0.25, 0.3) is 0 Å². The Labute approximate surface area is 121 Å². The molecule has 104 valence electrons. The van der Waals surface area contributed by atoms with Crippen molar-refractivity contribution in [2.24, 2.45) is 0 Å². The second-order valence-corrected chi connectivity index (χ2v) is 5.77. The molecule has 0 aliphatic carbocycles. The summed E-state index contributed by atoms with van der Waals surface area (Å²) >= 11 is 1.68. The Hall–Kier alpha value is -1.88. The standard InChI is InChI=1S/C15H16N2O2S/c1-2-13-9-20-15(16-13)17-6-5-10-7-11(14(18)19)3-4-12(10)8-17/h3-4,7,9H,2,5-6,8H2,1H3,(H,18,19). The monoisotopic (exact) mass is 288 g/mol. The van der Waals surface area contributed by atoms with Gasteiger partial charge in [-0.1, -0.05) is 13.0 Å². The summed E-state index contributed by atoms with van der Waals surface area (Å²) in [5.74, 6) is -0.859. The van der Waals surface area contributed by atoms with Gasteiger partial charge in [-0.3, -0.25) is 0 Å². The van der Waals surface area contributed by atoms with E-state index < -0.39 is 5.97 Å². The third kappa shape index (κ3) is 2.41. The van der Waals surface area contributed by atoms with Crippen LogP contribution in [-0.4, -0.2) is 22.6 Å². The molecule has 1 N–H and O–H groups in total. The number of hydrogen-bond donors (Lipinski definition) is 1. The van der Waals surface area contributed by atoms with E-state index in [-0.39, 0.29) is 0 Å². The molecular formula is C15H16N2O2S. The highest BCUT2D eigenvalue weighted by atomic mass is 32.1. The van der Waals surface area contributed by atoms with E-state index in [9.17, 15) is 4.79 Å². The third-order valence-electron chi connectivity index (χ3n) is 3.64. The fourth-order valence-corrected chi connectivity index (χ4v) is 3.39. The van der Waals surface area contributed by atoms with Gasteiger partial charge in [-0.15, -0.1) is 11.3 Å². The van der Waals surface area contributed by atoms with E-state index in [1.165, 1.54) is 5.56 Å². The molecule has 5 heteroatoms. The summed E-state index contributed by atoms with van der Waals surface area (Å²) in [5, 5.41) is 12.2. The van der Waals surface area contributed by atoms with Crippen molar-refractivity contribution in [2.45, 2.75) is 26.3 Å². The molecule has 1 aromatic carbocycles. The van der Waals surface area contributed by atoms with Gasteiger partial charge in [0.15, 0.2) is 5.13 Å². The Morgan fingerprint density at radius 3 is 3.00 bits per heavy atom. The van der Waals surface area contributed by atoms with Gasteiger partial charge >= 0.3 is 5.97 Å². The minimum absolute atomic E-state index is 0.375. The zero-order valence-electron chi connectivity index (χ0n) is 11.3. The molecular weight excluding hydrogens is 272 g/mol. The van der Waals surface area contributed by atoms with E-state index in [1.54, 1.807) is 23.5 Å². The molecule has 0 saturated heterocycles. The molecule has 0 amide bonds. The lowest BCUT2D eigenvalue weighted by Gasteiger charge is -2.28. The molecule has 0 radical (unpaired) electrons. The number of thiazole rings is 1. The lowest BCUT2D eigenvalue weighted by Crippen LogP contribution is -2.30. The van der Waals surface area contributed by atoms with Crippen LogP contribution in [0.4, 0.5) is 5.13 Å². The van der Waals surface area contributed by atoms with Crippen molar-refractivity contribution in [2.75, 3.05) is 11.4 Å². The molecule has 4 nitrogen and oxygen atoms in total. The molecule has 0 bridgehead atoms. The van der Waals surface area contributed by atoms with E-state index >= 15 is 0 Å². The van der Waals surface area contributed by atoms with Crippen LogP contribution >= 0.6 is 11.3 Å². The predicted molar refractivity (Wildman–Crippen MR) is 79.6 cm³/mol. The minimum Gasteiger partial charge on any atom is -0.478 e. The first-order valence-corrected chi connectivity index (χ1v) is 7.59. The summed E-state index contributed by atoms with van der Waals surface area (Å²) in [5.41, 5.74) is 3.86. The van der Waals surface area contributed by atoms with Crippen molar-refractivity contribution < 1.29 is 9.90 Å². The number of anilines is 1. The number of hydrogen-bond acceptors (Lipinski definition) is 4. The summed E-state index contributed by atoms with van der Waals surface area (Å²) in [6.07, 6.45) is 1.83. The summed E-state index contributed by atoms with van der Waals surface area (Å²) < 4.78 is 0. The lowest BCUT2D eigenvalue weighted by atomic mass is 9.97. The number of benzene rings is 1. The maximum absolute atomic E-state index is 11.0. The van der Waals surface area contributed by atoms with Crippen LogP contribution in [0.5, 0.6) is 0 Å². The molecule has 20 heavy (non-hydrogen) atoms. The Bertz CT molecular complexity index is 651. The van der Waals surface area contributed by atoms with Gasteiger partial charge in [0.05, 0.1) is 11.3 Å². The molecule has 1 aliphatic heterocycles. The Morgan fingerprint density at radius 2 is 2.30 bits per heavy atom. The highest BCUT2D eigenvalue weighted by Gasteiger charge is 2.19. The molecule has 2 heterocycles. The van der Waals surface area contributed by atoms with Crippen molar-refractivity contribution in [3.63, 3.8) is 0 Å². The first-order chi connectivity index (χ1) is 9.67. The van der Waals surface area contributed by atoms with E-state index in [4.69, 9.17) is 5.11 Å². The van der Waals surface area contributed by atoms with Gasteiger partial charge in [-0.2, -0.15) is 0 Å². The molecule has 1 aromatic heterocycles. The van der Waals surface area contributed by atoms with Crippen molar-refractivity contribution >= 4 is 22.4 Å². The average molecular weight is 288 g/mol. The smallest absolute Gasteiger partial charge is 0.335 e. The number of carboxylic acids is 1. The average Bonchev–Trinajstić information content (AvgIpc) is 2.95. The maximum Gasteiger partial charge on any atom is 0.335 e. The van der Waals surface area contributed by atoms with E-state index in [1.807, 2.05) is 6.07 Å². The van der Waals surface area contributed by atoms with Gasteiger partial charge in [-0.25, -0.2) is 9.78 Å². The van der Waals surface area contributed by atoms with E-state index in [0.717, 1.165) is 42.3 Å². The summed E-state index contributed by atoms with van der Waals surface area (Å²) in [4.78, 5) is 17.9. The van der Waals surface area contributed by atoms with E-state index in [2.05, 4.69) is 22.2 Å². The molecule has 3 rings (SSSR count). The van der Waals surface area contributed by atoms with Gasteiger partial charge in [0, 0.05) is 18.5 Å². The van der Waals surface area contributed by atoms with Gasteiger partial charge < -0.3 is 10.0 Å². The number of carbonyl (C=O) groups is 1. The molecule has 2 aromatic rings. The summed E-state index contributed by atoms with van der Waals surface area (Å²) in [6.45, 7) is 3.82. The fraction of sp³-hybridized carbons (Fsp3) is 0.333. The largest absolute Gasteiger partial charge is 0.478 e. The molecule has 0 spiro atoms. The number of aryl methyl sites for hydroxylation is 1. The van der Waals surface area contributed by atoms with Gasteiger partial charge in [0.1, 0.15) is 0 Å². The Morgan fingerprint density at radius 1 is 1.45 bits per heavy atom. The molecule has 0 unspecified atom stereocenters. The van der Waals surface area contributed by atoms with Crippen molar-refractivity contribution in [1.82, 2.24) is 4.98 Å².